The molecular formula is C28H33N3O6S. The Kier molecular flexibility index (Phi) is 7.34. The van der Waals surface area contributed by atoms with Crippen LogP contribution in [0.5, 0.6) is 17.2 Å². The molecule has 2 aromatic carbocycles. The lowest BCUT2D eigenvalue weighted by Gasteiger charge is -2.31. The molecule has 1 saturated heterocycles. The summed E-state index contributed by atoms with van der Waals surface area (Å²) in [6.07, 6.45) is 3.47. The number of aromatic nitrogens is 2. The van der Waals surface area contributed by atoms with Crippen LogP contribution >= 0.6 is 0 Å². The number of fused-ring (bicyclic) bond motifs is 1. The van der Waals surface area contributed by atoms with Gasteiger partial charge in [0.2, 0.25) is 0 Å². The summed E-state index contributed by atoms with van der Waals surface area (Å²) in [7, 11) is -3.24. The second-order valence-corrected chi connectivity index (χ2v) is 12.0. The highest BCUT2D eigenvalue weighted by atomic mass is 32.2. The molecule has 0 saturated carbocycles. The van der Waals surface area contributed by atoms with Crippen molar-refractivity contribution >= 4 is 15.7 Å². The van der Waals surface area contributed by atoms with E-state index in [0.717, 1.165) is 24.8 Å². The molecule has 10 heteroatoms. The number of rotatable bonds is 10. The summed E-state index contributed by atoms with van der Waals surface area (Å²) >= 11 is 0. The van der Waals surface area contributed by atoms with Crippen molar-refractivity contribution in [3.63, 3.8) is 0 Å². The van der Waals surface area contributed by atoms with Gasteiger partial charge in [0, 0.05) is 17.2 Å². The first-order valence-corrected chi connectivity index (χ1v) is 15.0. The zero-order valence-electron chi connectivity index (χ0n) is 21.6. The predicted molar refractivity (Wildman–Crippen MR) is 143 cm³/mol. The summed E-state index contributed by atoms with van der Waals surface area (Å²) < 4.78 is 36.7. The van der Waals surface area contributed by atoms with Crippen LogP contribution in [0.4, 0.5) is 0 Å². The molecule has 0 radical (unpaired) electrons. The molecule has 0 bridgehead atoms. The van der Waals surface area contributed by atoms with Crippen LogP contribution < -0.4 is 9.47 Å². The van der Waals surface area contributed by atoms with Gasteiger partial charge >= 0.3 is 0 Å². The first kappa shape index (κ1) is 26.1. The number of H-pyrrole nitrogens is 1. The average Bonchev–Trinajstić information content (AvgIpc) is 3.56. The molecule has 1 aromatic heterocycles. The number of ether oxygens (including phenoxy) is 2. The molecule has 1 amide bonds. The third-order valence-electron chi connectivity index (χ3n) is 7.15. The Balaban J connectivity index is 1.61. The number of phenolic OH excluding ortho intramolecular Hbond substituents is 1. The van der Waals surface area contributed by atoms with Crippen LogP contribution in [0.1, 0.15) is 67.2 Å². The second kappa shape index (κ2) is 10.7. The van der Waals surface area contributed by atoms with Crippen LogP contribution in [-0.2, 0) is 9.84 Å². The van der Waals surface area contributed by atoms with Crippen LogP contribution in [0.15, 0.2) is 42.5 Å². The Morgan fingerprint density at radius 1 is 1.11 bits per heavy atom. The molecule has 2 atom stereocenters. The molecule has 2 N–H and O–H groups in total. The van der Waals surface area contributed by atoms with Gasteiger partial charge in [-0.1, -0.05) is 38.0 Å². The molecule has 38 heavy (non-hydrogen) atoms. The normalized spacial score (nSPS) is 20.1. The fraction of sp³-hybridized carbons (Fsp3) is 0.429. The second-order valence-electron chi connectivity index (χ2n) is 9.74. The van der Waals surface area contributed by atoms with Gasteiger partial charge in [-0.2, -0.15) is 5.10 Å². The number of aromatic amines is 1. The topological polar surface area (TPSA) is 122 Å². The van der Waals surface area contributed by atoms with Crippen molar-refractivity contribution < 1.29 is 27.8 Å². The molecule has 202 valence electrons. The number of carbonyl (C=O) groups is 1. The van der Waals surface area contributed by atoms with Crippen molar-refractivity contribution in [2.24, 2.45) is 0 Å². The van der Waals surface area contributed by atoms with Crippen molar-refractivity contribution in [1.82, 2.24) is 15.1 Å². The standard InChI is InChI=1S/C28H33N3O6S/c1-3-5-8-14-37-22-12-11-18(16-23(22)36-4-2)27-24-25(20-9-6-7-10-21(20)32)29-30-26(24)28(33)31(27)19-13-15-38(34,35)17-19/h6-7,9-12,16,19,27,32H,3-5,8,13-15,17H2,1-2H3,(H,29,30). The number of nitrogens with one attached hydrogen (secondary N) is 1. The number of aromatic hydroxyl groups is 1. The van der Waals surface area contributed by atoms with Crippen LogP contribution in [0.3, 0.4) is 0 Å². The van der Waals surface area contributed by atoms with Gasteiger partial charge in [-0.05, 0) is 49.6 Å². The van der Waals surface area contributed by atoms with Gasteiger partial charge in [-0.15, -0.1) is 0 Å². The number of benzene rings is 2. The minimum Gasteiger partial charge on any atom is -0.507 e. The van der Waals surface area contributed by atoms with E-state index in [1.807, 2.05) is 25.1 Å². The van der Waals surface area contributed by atoms with Crippen LogP contribution in [0.25, 0.3) is 11.3 Å². The van der Waals surface area contributed by atoms with E-state index >= 15 is 0 Å². The summed E-state index contributed by atoms with van der Waals surface area (Å²) in [5, 5.41) is 17.9. The van der Waals surface area contributed by atoms with E-state index in [2.05, 4.69) is 17.1 Å². The number of nitrogens with zero attached hydrogens (tertiary/aromatic N) is 2. The van der Waals surface area contributed by atoms with Gasteiger partial charge in [-0.25, -0.2) is 8.42 Å². The third kappa shape index (κ3) is 4.84. The van der Waals surface area contributed by atoms with E-state index in [1.165, 1.54) is 0 Å². The van der Waals surface area contributed by atoms with Crippen LogP contribution in [-0.4, -0.2) is 65.3 Å². The van der Waals surface area contributed by atoms with Gasteiger partial charge in [-0.3, -0.25) is 9.89 Å². The van der Waals surface area contributed by atoms with Gasteiger partial charge < -0.3 is 19.5 Å². The first-order chi connectivity index (χ1) is 18.3. The molecule has 3 aromatic rings. The Morgan fingerprint density at radius 2 is 1.92 bits per heavy atom. The zero-order valence-corrected chi connectivity index (χ0v) is 22.5. The summed E-state index contributed by atoms with van der Waals surface area (Å²) in [6.45, 7) is 5.04. The highest BCUT2D eigenvalue weighted by Crippen LogP contribution is 2.47. The lowest BCUT2D eigenvalue weighted by molar-refractivity contribution is 0.0677. The van der Waals surface area contributed by atoms with E-state index in [-0.39, 0.29) is 23.2 Å². The van der Waals surface area contributed by atoms with Crippen LogP contribution in [0.2, 0.25) is 0 Å². The van der Waals surface area contributed by atoms with Crippen molar-refractivity contribution in [2.45, 2.75) is 51.6 Å². The number of carbonyl (C=O) groups excluding carboxylic acids is 1. The molecule has 1 fully saturated rings. The Bertz CT molecular complexity index is 1430. The molecule has 0 spiro atoms. The Morgan fingerprint density at radius 3 is 2.63 bits per heavy atom. The van der Waals surface area contributed by atoms with E-state index in [0.29, 0.717) is 53.6 Å². The van der Waals surface area contributed by atoms with Gasteiger partial charge in [0.15, 0.2) is 21.3 Å². The highest BCUT2D eigenvalue weighted by molar-refractivity contribution is 7.91. The Labute approximate surface area is 222 Å². The molecule has 3 heterocycles. The minimum atomic E-state index is -3.24. The summed E-state index contributed by atoms with van der Waals surface area (Å²) in [5.74, 6) is 0.880. The number of phenols is 1. The first-order valence-electron chi connectivity index (χ1n) is 13.1. The number of para-hydroxylation sites is 1. The van der Waals surface area contributed by atoms with Crippen LogP contribution in [0, 0.1) is 0 Å². The lowest BCUT2D eigenvalue weighted by atomic mass is 9.94. The Hall–Kier alpha value is -3.53. The smallest absolute Gasteiger partial charge is 0.273 e. The molecule has 2 aliphatic heterocycles. The highest BCUT2D eigenvalue weighted by Gasteiger charge is 2.48. The molecule has 9 nitrogen and oxygen atoms in total. The van der Waals surface area contributed by atoms with E-state index in [9.17, 15) is 18.3 Å². The largest absolute Gasteiger partial charge is 0.507 e. The van der Waals surface area contributed by atoms with Crippen molar-refractivity contribution in [3.05, 3.63) is 59.3 Å². The molecule has 5 rings (SSSR count). The summed E-state index contributed by atoms with van der Waals surface area (Å²) in [5.41, 5.74) is 2.61. The SMILES string of the molecule is CCCCCOc1ccc(C2c3c(-c4ccccc4O)n[nH]c3C(=O)N2C2CCS(=O)(=O)C2)cc1OCC. The average molecular weight is 540 g/mol. The van der Waals surface area contributed by atoms with E-state index < -0.39 is 21.9 Å². The number of sulfone groups is 1. The maximum atomic E-state index is 13.7. The fourth-order valence-corrected chi connectivity index (χ4v) is 7.07. The molecular weight excluding hydrogens is 506 g/mol. The van der Waals surface area contributed by atoms with Gasteiger partial charge in [0.25, 0.3) is 5.91 Å². The quantitative estimate of drug-likeness (QED) is 0.364. The van der Waals surface area contributed by atoms with E-state index in [4.69, 9.17) is 9.47 Å². The van der Waals surface area contributed by atoms with Crippen molar-refractivity contribution in [3.8, 4) is 28.5 Å². The van der Waals surface area contributed by atoms with Crippen molar-refractivity contribution in [2.75, 3.05) is 24.7 Å². The number of amides is 1. The van der Waals surface area contributed by atoms with Gasteiger partial charge in [0.1, 0.15) is 17.1 Å². The summed E-state index contributed by atoms with van der Waals surface area (Å²) in [4.78, 5) is 15.4. The van der Waals surface area contributed by atoms with Gasteiger partial charge in [0.05, 0.1) is 30.8 Å². The predicted octanol–water partition coefficient (Wildman–Crippen LogP) is 4.48. The number of hydrogen-bond acceptors (Lipinski definition) is 7. The van der Waals surface area contributed by atoms with Crippen molar-refractivity contribution in [1.29, 1.82) is 0 Å². The van der Waals surface area contributed by atoms with E-state index in [1.54, 1.807) is 29.2 Å². The number of hydrogen-bond donors (Lipinski definition) is 2. The summed E-state index contributed by atoms with van der Waals surface area (Å²) in [6, 6.07) is 11.3. The maximum Gasteiger partial charge on any atom is 0.273 e. The maximum absolute atomic E-state index is 13.7. The fourth-order valence-electron chi connectivity index (χ4n) is 5.36. The number of unbranched alkanes of at least 4 members (excludes halogenated alkanes) is 2. The molecule has 0 aliphatic carbocycles. The molecule has 2 aliphatic rings. The molecule has 2 unspecified atom stereocenters. The monoisotopic (exact) mass is 539 g/mol. The third-order valence-corrected chi connectivity index (χ3v) is 8.90. The lowest BCUT2D eigenvalue weighted by Crippen LogP contribution is -2.40. The zero-order chi connectivity index (χ0) is 26.9. The minimum absolute atomic E-state index is 0.0423.